The highest BCUT2D eigenvalue weighted by Gasteiger charge is 2.51. The molecule has 0 radical (unpaired) electrons. The molecule has 0 aliphatic carbocycles. The van der Waals surface area contributed by atoms with E-state index in [9.17, 15) is 18.0 Å². The molecule has 1 N–H and O–H groups in total. The largest absolute Gasteiger partial charge is 0.497 e. The Morgan fingerprint density at radius 3 is 2.12 bits per heavy atom. The molecule has 10 heteroatoms. The number of ether oxygens (including phenoxy) is 2. The van der Waals surface area contributed by atoms with Crippen molar-refractivity contribution < 1.29 is 27.5 Å². The Labute approximate surface area is 188 Å². The van der Waals surface area contributed by atoms with E-state index in [1.165, 1.54) is 38.4 Å². The van der Waals surface area contributed by atoms with Gasteiger partial charge in [0, 0.05) is 14.1 Å². The number of urea groups is 1. The van der Waals surface area contributed by atoms with E-state index < -0.39 is 21.6 Å². The van der Waals surface area contributed by atoms with Gasteiger partial charge in [0.25, 0.3) is 5.91 Å². The summed E-state index contributed by atoms with van der Waals surface area (Å²) < 4.78 is 36.2. The SMILES string of the molecule is CC[C@]1(c2ccc(OC)cc2)NC(=O)N(CCOc2ccc(S(=O)(=O)N(C)C)cc2)C1=O. The molecule has 172 valence electrons. The summed E-state index contributed by atoms with van der Waals surface area (Å²) in [6.07, 6.45) is 0.392. The summed E-state index contributed by atoms with van der Waals surface area (Å²) >= 11 is 0. The highest BCUT2D eigenvalue weighted by atomic mass is 32.2. The van der Waals surface area contributed by atoms with Crippen molar-refractivity contribution >= 4 is 22.0 Å². The minimum atomic E-state index is -3.52. The number of sulfonamides is 1. The Kier molecular flexibility index (Phi) is 6.75. The van der Waals surface area contributed by atoms with Crippen LogP contribution < -0.4 is 14.8 Å². The second-order valence-corrected chi connectivity index (χ2v) is 9.63. The maximum absolute atomic E-state index is 13.2. The first kappa shape index (κ1) is 23.6. The molecule has 1 saturated heterocycles. The third-order valence-electron chi connectivity index (χ3n) is 5.47. The Hall–Kier alpha value is -3.11. The maximum Gasteiger partial charge on any atom is 0.325 e. The molecular formula is C22H27N3O6S. The maximum atomic E-state index is 13.2. The number of hydrogen-bond donors (Lipinski definition) is 1. The van der Waals surface area contributed by atoms with Crippen LogP contribution in [0.25, 0.3) is 0 Å². The number of carbonyl (C=O) groups excluding carboxylic acids is 2. The van der Waals surface area contributed by atoms with Gasteiger partial charge in [0.05, 0.1) is 18.6 Å². The first-order valence-electron chi connectivity index (χ1n) is 10.1. The third-order valence-corrected chi connectivity index (χ3v) is 7.30. The van der Waals surface area contributed by atoms with Crippen LogP contribution in [0.15, 0.2) is 53.4 Å². The van der Waals surface area contributed by atoms with Crippen molar-refractivity contribution in [2.75, 3.05) is 34.4 Å². The van der Waals surface area contributed by atoms with Crippen LogP contribution in [0.5, 0.6) is 11.5 Å². The number of carbonyl (C=O) groups is 2. The van der Waals surface area contributed by atoms with Crippen molar-refractivity contribution in [2.45, 2.75) is 23.8 Å². The van der Waals surface area contributed by atoms with Gasteiger partial charge in [0.1, 0.15) is 23.6 Å². The monoisotopic (exact) mass is 461 g/mol. The van der Waals surface area contributed by atoms with Gasteiger partial charge in [0.15, 0.2) is 0 Å². The molecule has 9 nitrogen and oxygen atoms in total. The number of nitrogens with one attached hydrogen (secondary N) is 1. The molecule has 2 aromatic carbocycles. The molecule has 32 heavy (non-hydrogen) atoms. The highest BCUT2D eigenvalue weighted by Crippen LogP contribution is 2.33. The fourth-order valence-electron chi connectivity index (χ4n) is 3.52. The van der Waals surface area contributed by atoms with Gasteiger partial charge in [-0.25, -0.2) is 17.5 Å². The van der Waals surface area contributed by atoms with Crippen molar-refractivity contribution in [3.8, 4) is 11.5 Å². The van der Waals surface area contributed by atoms with E-state index in [2.05, 4.69) is 5.32 Å². The lowest BCUT2D eigenvalue weighted by atomic mass is 9.87. The van der Waals surface area contributed by atoms with E-state index >= 15 is 0 Å². The molecule has 0 bridgehead atoms. The van der Waals surface area contributed by atoms with Gasteiger partial charge >= 0.3 is 6.03 Å². The quantitative estimate of drug-likeness (QED) is 0.574. The van der Waals surface area contributed by atoms with Crippen LogP contribution in [0.2, 0.25) is 0 Å². The van der Waals surface area contributed by atoms with Crippen LogP contribution in [0.4, 0.5) is 4.79 Å². The van der Waals surface area contributed by atoms with Gasteiger partial charge in [-0.2, -0.15) is 0 Å². The smallest absolute Gasteiger partial charge is 0.325 e. The molecule has 1 aliphatic heterocycles. The van der Waals surface area contributed by atoms with Crippen LogP contribution in [0.3, 0.4) is 0 Å². The molecule has 0 saturated carbocycles. The molecule has 3 amide bonds. The van der Waals surface area contributed by atoms with E-state index in [4.69, 9.17) is 9.47 Å². The van der Waals surface area contributed by atoms with Crippen LogP contribution in [0.1, 0.15) is 18.9 Å². The van der Waals surface area contributed by atoms with Gasteiger partial charge in [-0.05, 0) is 48.4 Å². The Morgan fingerprint density at radius 1 is 1.00 bits per heavy atom. The number of amides is 3. The van der Waals surface area contributed by atoms with Crippen LogP contribution in [0, 0.1) is 0 Å². The van der Waals surface area contributed by atoms with Crippen LogP contribution in [-0.2, 0) is 20.4 Å². The number of imide groups is 1. The lowest BCUT2D eigenvalue weighted by Gasteiger charge is -2.26. The number of rotatable bonds is 9. The van der Waals surface area contributed by atoms with Gasteiger partial charge in [-0.3, -0.25) is 9.69 Å². The van der Waals surface area contributed by atoms with Gasteiger partial charge in [-0.15, -0.1) is 0 Å². The van der Waals surface area contributed by atoms with Crippen LogP contribution >= 0.6 is 0 Å². The minimum Gasteiger partial charge on any atom is -0.497 e. The predicted molar refractivity (Wildman–Crippen MR) is 118 cm³/mol. The Bertz CT molecular complexity index is 1080. The zero-order valence-corrected chi connectivity index (χ0v) is 19.3. The Morgan fingerprint density at radius 2 is 1.59 bits per heavy atom. The van der Waals surface area contributed by atoms with Gasteiger partial charge < -0.3 is 14.8 Å². The summed E-state index contributed by atoms with van der Waals surface area (Å²) in [6.45, 7) is 1.97. The lowest BCUT2D eigenvalue weighted by Crippen LogP contribution is -2.43. The molecule has 3 rings (SSSR count). The zero-order chi connectivity index (χ0) is 23.5. The average molecular weight is 462 g/mol. The second kappa shape index (κ2) is 9.17. The van der Waals surface area contributed by atoms with Crippen molar-refractivity contribution in [2.24, 2.45) is 0 Å². The number of benzene rings is 2. The predicted octanol–water partition coefficient (Wildman–Crippen LogP) is 2.18. The summed E-state index contributed by atoms with van der Waals surface area (Å²) in [5.41, 5.74) is -0.453. The number of methoxy groups -OCH3 is 1. The van der Waals surface area contributed by atoms with Crippen molar-refractivity contribution in [1.29, 1.82) is 0 Å². The molecule has 1 atom stereocenters. The molecular weight excluding hydrogens is 434 g/mol. The molecule has 0 spiro atoms. The van der Waals surface area contributed by atoms with E-state index in [1.807, 2.05) is 6.92 Å². The van der Waals surface area contributed by atoms with E-state index in [0.29, 0.717) is 23.5 Å². The molecule has 0 aromatic heterocycles. The molecule has 0 unspecified atom stereocenters. The molecule has 1 heterocycles. The van der Waals surface area contributed by atoms with E-state index in [-0.39, 0.29) is 24.0 Å². The minimum absolute atomic E-state index is 0.0559. The Balaban J connectivity index is 1.67. The highest BCUT2D eigenvalue weighted by molar-refractivity contribution is 7.89. The van der Waals surface area contributed by atoms with Crippen LogP contribution in [-0.4, -0.2) is 63.9 Å². The average Bonchev–Trinajstić information content (AvgIpc) is 3.04. The summed E-state index contributed by atoms with van der Waals surface area (Å²) in [6, 6.07) is 12.5. The first-order valence-corrected chi connectivity index (χ1v) is 11.5. The summed E-state index contributed by atoms with van der Waals surface area (Å²) in [4.78, 5) is 27.0. The summed E-state index contributed by atoms with van der Waals surface area (Å²) in [5.74, 6) is 0.754. The van der Waals surface area contributed by atoms with Crippen molar-refractivity contribution in [3.05, 3.63) is 54.1 Å². The zero-order valence-electron chi connectivity index (χ0n) is 18.5. The fraction of sp³-hybridized carbons (Fsp3) is 0.364. The first-order chi connectivity index (χ1) is 15.2. The fourth-order valence-corrected chi connectivity index (χ4v) is 4.42. The molecule has 1 fully saturated rings. The molecule has 2 aromatic rings. The van der Waals surface area contributed by atoms with Crippen molar-refractivity contribution in [3.63, 3.8) is 0 Å². The van der Waals surface area contributed by atoms with E-state index in [0.717, 1.165) is 9.21 Å². The summed E-state index contributed by atoms with van der Waals surface area (Å²) in [7, 11) is 0.951. The number of nitrogens with zero attached hydrogens (tertiary/aromatic N) is 2. The standard InChI is InChI=1S/C22H27N3O6S/c1-5-22(16-6-8-17(30-4)9-7-16)20(26)25(21(27)23-22)14-15-31-18-10-12-19(13-11-18)32(28,29)24(2)3/h6-13H,5,14-15H2,1-4H3,(H,23,27)/t22-/m1/s1. The van der Waals surface area contributed by atoms with Crippen molar-refractivity contribution in [1.82, 2.24) is 14.5 Å². The number of hydrogen-bond acceptors (Lipinski definition) is 6. The third kappa shape index (κ3) is 4.28. The van der Waals surface area contributed by atoms with E-state index in [1.54, 1.807) is 31.4 Å². The summed E-state index contributed by atoms with van der Waals surface area (Å²) in [5, 5.41) is 2.82. The topological polar surface area (TPSA) is 105 Å². The molecule has 1 aliphatic rings. The van der Waals surface area contributed by atoms with Gasteiger partial charge in [-0.1, -0.05) is 19.1 Å². The normalized spacial score (nSPS) is 18.7. The lowest BCUT2D eigenvalue weighted by molar-refractivity contribution is -0.132. The van der Waals surface area contributed by atoms with Gasteiger partial charge in [0.2, 0.25) is 10.0 Å². The second-order valence-electron chi connectivity index (χ2n) is 7.48.